The largest absolute Gasteiger partial charge is 0.355 e. The van der Waals surface area contributed by atoms with E-state index in [1.807, 2.05) is 13.8 Å². The Bertz CT molecular complexity index is 688. The number of hydrogen-bond acceptors (Lipinski definition) is 5. The fourth-order valence-electron chi connectivity index (χ4n) is 2.93. The summed E-state index contributed by atoms with van der Waals surface area (Å²) in [5.74, 6) is -0.755. The number of likely N-dealkylation sites (N-methyl/N-ethyl adjacent to an activating group) is 2. The van der Waals surface area contributed by atoms with Crippen LogP contribution >= 0.6 is 11.3 Å². The highest BCUT2D eigenvalue weighted by molar-refractivity contribution is 7.91. The number of piperidine rings is 1. The predicted molar refractivity (Wildman–Crippen MR) is 96.7 cm³/mol. The van der Waals surface area contributed by atoms with Gasteiger partial charge in [0, 0.05) is 26.2 Å². The summed E-state index contributed by atoms with van der Waals surface area (Å²) in [6.45, 7) is 5.18. The van der Waals surface area contributed by atoms with E-state index < -0.39 is 15.9 Å². The van der Waals surface area contributed by atoms with E-state index in [4.69, 9.17) is 0 Å². The van der Waals surface area contributed by atoms with Gasteiger partial charge in [0.25, 0.3) is 10.0 Å². The zero-order valence-corrected chi connectivity index (χ0v) is 16.2. The highest BCUT2D eigenvalue weighted by Gasteiger charge is 2.35. The number of nitrogens with zero attached hydrogens (tertiary/aromatic N) is 2. The number of carbonyl (C=O) groups is 2. The van der Waals surface area contributed by atoms with Gasteiger partial charge in [0.1, 0.15) is 4.21 Å². The van der Waals surface area contributed by atoms with Crippen molar-refractivity contribution in [2.45, 2.75) is 30.9 Å². The molecule has 1 aromatic rings. The number of nitrogens with one attached hydrogen (secondary N) is 1. The second kappa shape index (κ2) is 8.77. The molecule has 1 unspecified atom stereocenters. The van der Waals surface area contributed by atoms with E-state index >= 15 is 0 Å². The molecule has 2 heterocycles. The van der Waals surface area contributed by atoms with Gasteiger partial charge in [0.2, 0.25) is 11.8 Å². The summed E-state index contributed by atoms with van der Waals surface area (Å²) in [6.07, 6.45) is 1.28. The van der Waals surface area contributed by atoms with Crippen LogP contribution in [-0.4, -0.2) is 62.2 Å². The summed E-state index contributed by atoms with van der Waals surface area (Å²) < 4.78 is 27.0. The third-order valence-electron chi connectivity index (χ3n) is 4.22. The molecule has 0 aliphatic carbocycles. The molecule has 0 aromatic carbocycles. The average Bonchev–Trinajstić information content (AvgIpc) is 3.15. The fraction of sp³-hybridized carbons (Fsp3) is 0.625. The highest BCUT2D eigenvalue weighted by atomic mass is 32.2. The van der Waals surface area contributed by atoms with Crippen LogP contribution in [0.2, 0.25) is 0 Å². The van der Waals surface area contributed by atoms with Crippen molar-refractivity contribution in [3.63, 3.8) is 0 Å². The minimum atomic E-state index is -3.55. The number of carbonyl (C=O) groups excluding carboxylic acids is 2. The highest BCUT2D eigenvalue weighted by Crippen LogP contribution is 2.27. The van der Waals surface area contributed by atoms with Crippen LogP contribution in [-0.2, 0) is 19.6 Å². The van der Waals surface area contributed by atoms with Crippen molar-refractivity contribution in [1.29, 1.82) is 0 Å². The van der Waals surface area contributed by atoms with E-state index in [-0.39, 0.29) is 24.9 Å². The Balaban J connectivity index is 2.06. The summed E-state index contributed by atoms with van der Waals surface area (Å²) in [4.78, 5) is 26.0. The summed E-state index contributed by atoms with van der Waals surface area (Å²) in [7, 11) is -3.55. The maximum Gasteiger partial charge on any atom is 0.252 e. The number of hydrogen-bond donors (Lipinski definition) is 1. The van der Waals surface area contributed by atoms with Crippen molar-refractivity contribution in [3.05, 3.63) is 17.5 Å². The van der Waals surface area contributed by atoms with E-state index in [1.54, 1.807) is 17.5 Å². The van der Waals surface area contributed by atoms with Crippen LogP contribution in [0.5, 0.6) is 0 Å². The van der Waals surface area contributed by atoms with Gasteiger partial charge in [0.05, 0.1) is 12.5 Å². The molecule has 2 amide bonds. The molecule has 140 valence electrons. The minimum absolute atomic E-state index is 0.0113. The van der Waals surface area contributed by atoms with E-state index in [1.165, 1.54) is 20.5 Å². The second-order valence-corrected chi connectivity index (χ2v) is 9.05. The maximum absolute atomic E-state index is 12.8. The zero-order chi connectivity index (χ0) is 18.4. The van der Waals surface area contributed by atoms with E-state index in [9.17, 15) is 18.0 Å². The predicted octanol–water partition coefficient (Wildman–Crippen LogP) is 1.13. The number of sulfonamides is 1. The van der Waals surface area contributed by atoms with Crippen LogP contribution in [0.1, 0.15) is 26.7 Å². The number of thiophene rings is 1. The molecule has 0 radical (unpaired) electrons. The molecule has 0 spiro atoms. The van der Waals surface area contributed by atoms with E-state index in [2.05, 4.69) is 5.32 Å². The molecule has 9 heteroatoms. The van der Waals surface area contributed by atoms with E-state index in [0.29, 0.717) is 36.7 Å². The first-order valence-electron chi connectivity index (χ1n) is 8.49. The molecule has 0 saturated carbocycles. The van der Waals surface area contributed by atoms with Gasteiger partial charge in [-0.1, -0.05) is 6.07 Å². The SMILES string of the molecule is CCNC(=O)CN(CC)C(=O)C1CCCN(S(=O)(=O)c2cccs2)C1. The lowest BCUT2D eigenvalue weighted by molar-refractivity contribution is -0.140. The zero-order valence-electron chi connectivity index (χ0n) is 14.6. The molecule has 7 nitrogen and oxygen atoms in total. The van der Waals surface area contributed by atoms with Gasteiger partial charge < -0.3 is 10.2 Å². The third-order valence-corrected chi connectivity index (χ3v) is 7.46. The number of amides is 2. The molecular formula is C16H25N3O4S2. The molecular weight excluding hydrogens is 362 g/mol. The summed E-state index contributed by atoms with van der Waals surface area (Å²) in [6, 6.07) is 3.29. The molecule has 1 aromatic heterocycles. The van der Waals surface area contributed by atoms with Gasteiger partial charge in [-0.3, -0.25) is 9.59 Å². The monoisotopic (exact) mass is 387 g/mol. The summed E-state index contributed by atoms with van der Waals surface area (Å²) >= 11 is 1.18. The molecule has 2 rings (SSSR count). The van der Waals surface area contributed by atoms with Gasteiger partial charge in [-0.2, -0.15) is 4.31 Å². The molecule has 1 atom stereocenters. The molecule has 1 aliphatic heterocycles. The van der Waals surface area contributed by atoms with Crippen LogP contribution in [0.4, 0.5) is 0 Å². The van der Waals surface area contributed by atoms with Crippen LogP contribution in [0.15, 0.2) is 21.7 Å². The van der Waals surface area contributed by atoms with Crippen molar-refractivity contribution in [3.8, 4) is 0 Å². The quantitative estimate of drug-likeness (QED) is 0.760. The number of rotatable bonds is 7. The van der Waals surface area contributed by atoms with Crippen LogP contribution in [0, 0.1) is 5.92 Å². The van der Waals surface area contributed by atoms with Crippen molar-refractivity contribution < 1.29 is 18.0 Å². The third kappa shape index (κ3) is 4.80. The van der Waals surface area contributed by atoms with Crippen molar-refractivity contribution in [1.82, 2.24) is 14.5 Å². The minimum Gasteiger partial charge on any atom is -0.355 e. The Hall–Kier alpha value is -1.45. The molecule has 1 aliphatic rings. The van der Waals surface area contributed by atoms with Gasteiger partial charge in [0.15, 0.2) is 0 Å². The van der Waals surface area contributed by atoms with Crippen molar-refractivity contribution >= 4 is 33.2 Å². The standard InChI is InChI=1S/C16H25N3O4S2/c1-3-17-14(20)12-18(4-2)16(21)13-7-5-9-19(11-13)25(22,23)15-8-6-10-24-15/h6,8,10,13H,3-5,7,9,11-12H2,1-2H3,(H,17,20). The van der Waals surface area contributed by atoms with Crippen molar-refractivity contribution in [2.75, 3.05) is 32.7 Å². The lowest BCUT2D eigenvalue weighted by Gasteiger charge is -2.33. The average molecular weight is 388 g/mol. The first kappa shape index (κ1) is 19.9. The van der Waals surface area contributed by atoms with Gasteiger partial charge in [-0.25, -0.2) is 8.42 Å². The van der Waals surface area contributed by atoms with Crippen LogP contribution in [0.3, 0.4) is 0 Å². The van der Waals surface area contributed by atoms with Crippen LogP contribution < -0.4 is 5.32 Å². The van der Waals surface area contributed by atoms with E-state index in [0.717, 1.165) is 0 Å². The van der Waals surface area contributed by atoms with Gasteiger partial charge in [-0.05, 0) is 38.1 Å². The molecule has 25 heavy (non-hydrogen) atoms. The maximum atomic E-state index is 12.8. The van der Waals surface area contributed by atoms with Crippen molar-refractivity contribution in [2.24, 2.45) is 5.92 Å². The Morgan fingerprint density at radius 2 is 2.16 bits per heavy atom. The van der Waals surface area contributed by atoms with Gasteiger partial charge in [-0.15, -0.1) is 11.3 Å². The summed E-state index contributed by atoms with van der Waals surface area (Å²) in [5.41, 5.74) is 0. The van der Waals surface area contributed by atoms with Crippen LogP contribution in [0.25, 0.3) is 0 Å². The first-order valence-corrected chi connectivity index (χ1v) is 10.8. The lowest BCUT2D eigenvalue weighted by Crippen LogP contribution is -2.48. The first-order chi connectivity index (χ1) is 11.9. The topological polar surface area (TPSA) is 86.8 Å². The lowest BCUT2D eigenvalue weighted by atomic mass is 9.98. The Morgan fingerprint density at radius 3 is 2.76 bits per heavy atom. The smallest absolute Gasteiger partial charge is 0.252 e. The molecule has 0 bridgehead atoms. The van der Waals surface area contributed by atoms with Gasteiger partial charge >= 0.3 is 0 Å². The fourth-order valence-corrected chi connectivity index (χ4v) is 5.60. The molecule has 1 saturated heterocycles. The Morgan fingerprint density at radius 1 is 1.40 bits per heavy atom. The normalized spacial score (nSPS) is 18.7. The second-order valence-electron chi connectivity index (χ2n) is 5.94. The molecule has 1 fully saturated rings. The Labute approximate surface area is 153 Å². The Kier molecular flexibility index (Phi) is 6.97. The summed E-state index contributed by atoms with van der Waals surface area (Å²) in [5, 5.41) is 4.41. The molecule has 1 N–H and O–H groups in total.